The lowest BCUT2D eigenvalue weighted by Gasteiger charge is -2.38. The first-order valence-corrected chi connectivity index (χ1v) is 4.97. The normalized spacial score (nSPS) is 17.4. The van der Waals surface area contributed by atoms with Crippen LogP contribution in [0.5, 0.6) is 0 Å². The molecule has 0 unspecified atom stereocenters. The van der Waals surface area contributed by atoms with Gasteiger partial charge in [0.25, 0.3) is 0 Å². The van der Waals surface area contributed by atoms with E-state index >= 15 is 0 Å². The van der Waals surface area contributed by atoms with Gasteiger partial charge in [-0.05, 0) is 26.0 Å². The SMILES string of the molecule is CC(=O)OC1=CC=CN(N)C1(C(C)=O)C(C)=O. The van der Waals surface area contributed by atoms with Crippen LogP contribution >= 0.6 is 0 Å². The standard InChI is InChI=1S/C11H14N2O4/c1-7(14)11(8(2)15)10(17-9(3)16)5-4-6-13(11)12/h4-6H,12H2,1-3H3. The fourth-order valence-electron chi connectivity index (χ4n) is 1.80. The van der Waals surface area contributed by atoms with E-state index in [1.54, 1.807) is 0 Å². The number of hydrogen-bond donors (Lipinski definition) is 1. The Morgan fingerprint density at radius 3 is 2.18 bits per heavy atom. The molecule has 2 N–H and O–H groups in total. The molecule has 0 aromatic heterocycles. The van der Waals surface area contributed by atoms with E-state index in [-0.39, 0.29) is 5.76 Å². The van der Waals surface area contributed by atoms with Crippen molar-refractivity contribution in [2.45, 2.75) is 26.3 Å². The van der Waals surface area contributed by atoms with Crippen molar-refractivity contribution < 1.29 is 19.1 Å². The highest BCUT2D eigenvalue weighted by molar-refractivity contribution is 6.13. The Labute approximate surface area is 98.7 Å². The smallest absolute Gasteiger partial charge is 0.307 e. The second kappa shape index (κ2) is 4.50. The van der Waals surface area contributed by atoms with Crippen molar-refractivity contribution >= 4 is 17.5 Å². The van der Waals surface area contributed by atoms with Gasteiger partial charge in [0.05, 0.1) is 0 Å². The number of carbonyl (C=O) groups is 3. The Kier molecular flexibility index (Phi) is 3.47. The summed E-state index contributed by atoms with van der Waals surface area (Å²) in [5.41, 5.74) is -1.75. The van der Waals surface area contributed by atoms with E-state index in [4.69, 9.17) is 10.6 Å². The van der Waals surface area contributed by atoms with Crippen LogP contribution < -0.4 is 5.84 Å². The first kappa shape index (κ1) is 13.1. The molecule has 1 heterocycles. The number of ether oxygens (including phenoxy) is 1. The molecule has 17 heavy (non-hydrogen) atoms. The third-order valence-corrected chi connectivity index (χ3v) is 2.51. The van der Waals surface area contributed by atoms with Crippen LogP contribution in [0.3, 0.4) is 0 Å². The molecule has 0 aromatic rings. The van der Waals surface area contributed by atoms with Crippen molar-refractivity contribution in [2.24, 2.45) is 5.84 Å². The number of ketones is 2. The van der Waals surface area contributed by atoms with Gasteiger partial charge in [-0.3, -0.25) is 19.4 Å². The summed E-state index contributed by atoms with van der Waals surface area (Å²) >= 11 is 0. The average molecular weight is 238 g/mol. The van der Waals surface area contributed by atoms with Crippen LogP contribution in [-0.2, 0) is 19.1 Å². The number of hydrazine groups is 1. The third-order valence-electron chi connectivity index (χ3n) is 2.51. The van der Waals surface area contributed by atoms with Crippen LogP contribution in [0.25, 0.3) is 0 Å². The molecule has 0 saturated heterocycles. The number of nitrogens with two attached hydrogens (primary N) is 1. The molecule has 1 rings (SSSR count). The molecule has 0 fully saturated rings. The molecule has 6 heteroatoms. The van der Waals surface area contributed by atoms with Crippen molar-refractivity contribution in [2.75, 3.05) is 0 Å². The fourth-order valence-corrected chi connectivity index (χ4v) is 1.80. The van der Waals surface area contributed by atoms with Crippen LogP contribution in [0.2, 0.25) is 0 Å². The van der Waals surface area contributed by atoms with Gasteiger partial charge in [-0.25, -0.2) is 5.84 Å². The number of hydrogen-bond acceptors (Lipinski definition) is 6. The van der Waals surface area contributed by atoms with Gasteiger partial charge in [0, 0.05) is 13.1 Å². The molecule has 0 spiro atoms. The summed E-state index contributed by atoms with van der Waals surface area (Å²) in [5.74, 6) is 3.94. The number of nitrogens with zero attached hydrogens (tertiary/aromatic N) is 1. The molecule has 0 radical (unpaired) electrons. The zero-order valence-corrected chi connectivity index (χ0v) is 9.89. The Morgan fingerprint density at radius 2 is 1.76 bits per heavy atom. The second-order valence-corrected chi connectivity index (χ2v) is 3.70. The summed E-state index contributed by atoms with van der Waals surface area (Å²) in [6, 6.07) is 0. The maximum atomic E-state index is 11.8. The summed E-state index contributed by atoms with van der Waals surface area (Å²) < 4.78 is 4.91. The largest absolute Gasteiger partial charge is 0.428 e. The molecule has 0 atom stereocenters. The molecular weight excluding hydrogens is 224 g/mol. The van der Waals surface area contributed by atoms with Crippen molar-refractivity contribution in [3.63, 3.8) is 0 Å². The molecule has 0 amide bonds. The number of esters is 1. The van der Waals surface area contributed by atoms with E-state index in [2.05, 4.69) is 0 Å². The highest BCUT2D eigenvalue weighted by atomic mass is 16.5. The van der Waals surface area contributed by atoms with Crippen LogP contribution in [0, 0.1) is 0 Å². The number of allylic oxidation sites excluding steroid dienone is 2. The predicted octanol–water partition coefficient (Wildman–Crippen LogP) is 0.0532. The number of carbonyl (C=O) groups excluding carboxylic acids is 3. The maximum Gasteiger partial charge on any atom is 0.307 e. The van der Waals surface area contributed by atoms with Crippen molar-refractivity contribution in [3.05, 3.63) is 24.1 Å². The molecule has 92 valence electrons. The molecule has 0 aromatic carbocycles. The highest BCUT2D eigenvalue weighted by Crippen LogP contribution is 2.29. The minimum atomic E-state index is -1.75. The zero-order chi connectivity index (χ0) is 13.2. The lowest BCUT2D eigenvalue weighted by molar-refractivity contribution is -0.145. The topological polar surface area (TPSA) is 89.7 Å². The Hall–Kier alpha value is -1.95. The van der Waals surface area contributed by atoms with E-state index in [0.717, 1.165) is 5.01 Å². The number of rotatable bonds is 3. The molecule has 0 bridgehead atoms. The predicted molar refractivity (Wildman–Crippen MR) is 59.1 cm³/mol. The molecule has 0 aliphatic carbocycles. The van der Waals surface area contributed by atoms with Crippen LogP contribution in [-0.4, -0.2) is 28.1 Å². The van der Waals surface area contributed by atoms with Crippen LogP contribution in [0.4, 0.5) is 0 Å². The van der Waals surface area contributed by atoms with Gasteiger partial charge in [0.1, 0.15) is 5.76 Å². The second-order valence-electron chi connectivity index (χ2n) is 3.70. The van der Waals surface area contributed by atoms with E-state index in [1.807, 2.05) is 0 Å². The van der Waals surface area contributed by atoms with E-state index in [1.165, 1.54) is 39.1 Å². The van der Waals surface area contributed by atoms with E-state index in [0.29, 0.717) is 0 Å². The van der Waals surface area contributed by atoms with Crippen molar-refractivity contribution in [1.82, 2.24) is 5.01 Å². The van der Waals surface area contributed by atoms with E-state index < -0.39 is 23.1 Å². The first-order chi connectivity index (χ1) is 7.83. The molecule has 1 aliphatic rings. The van der Waals surface area contributed by atoms with Gasteiger partial charge < -0.3 is 4.74 Å². The summed E-state index contributed by atoms with van der Waals surface area (Å²) in [7, 11) is 0. The minimum Gasteiger partial charge on any atom is -0.428 e. The highest BCUT2D eigenvalue weighted by Gasteiger charge is 2.51. The van der Waals surface area contributed by atoms with Crippen molar-refractivity contribution in [3.8, 4) is 0 Å². The molecular formula is C11H14N2O4. The molecule has 0 saturated carbocycles. The summed E-state index contributed by atoms with van der Waals surface area (Å²) in [5, 5.41) is 0.954. The van der Waals surface area contributed by atoms with Gasteiger partial charge in [-0.1, -0.05) is 0 Å². The zero-order valence-electron chi connectivity index (χ0n) is 9.89. The lowest BCUT2D eigenvalue weighted by Crippen LogP contribution is -2.62. The van der Waals surface area contributed by atoms with Crippen LogP contribution in [0.15, 0.2) is 24.1 Å². The minimum absolute atomic E-state index is 0.0741. The molecule has 1 aliphatic heterocycles. The number of Topliss-reactive ketones (excluding diaryl/α,β-unsaturated/α-hetero) is 2. The quantitative estimate of drug-likeness (QED) is 0.424. The Morgan fingerprint density at radius 1 is 1.24 bits per heavy atom. The van der Waals surface area contributed by atoms with Gasteiger partial charge in [0.15, 0.2) is 11.6 Å². The lowest BCUT2D eigenvalue weighted by atomic mass is 9.85. The summed E-state index contributed by atoms with van der Waals surface area (Å²) in [6.45, 7) is 3.63. The van der Waals surface area contributed by atoms with Gasteiger partial charge >= 0.3 is 5.97 Å². The van der Waals surface area contributed by atoms with Crippen LogP contribution in [0.1, 0.15) is 20.8 Å². The molecule has 6 nitrogen and oxygen atoms in total. The fraction of sp³-hybridized carbons (Fsp3) is 0.364. The first-order valence-electron chi connectivity index (χ1n) is 4.97. The summed E-state index contributed by atoms with van der Waals surface area (Å²) in [4.78, 5) is 34.5. The summed E-state index contributed by atoms with van der Waals surface area (Å²) in [6.07, 6.45) is 4.24. The van der Waals surface area contributed by atoms with Crippen molar-refractivity contribution in [1.29, 1.82) is 0 Å². The maximum absolute atomic E-state index is 11.8. The van der Waals surface area contributed by atoms with Gasteiger partial charge in [-0.15, -0.1) is 0 Å². The Bertz CT molecular complexity index is 423. The van der Waals surface area contributed by atoms with Gasteiger partial charge in [0.2, 0.25) is 5.54 Å². The third kappa shape index (κ3) is 1.99. The van der Waals surface area contributed by atoms with E-state index in [9.17, 15) is 14.4 Å². The van der Waals surface area contributed by atoms with Gasteiger partial charge in [-0.2, -0.15) is 0 Å². The monoisotopic (exact) mass is 238 g/mol. The Balaban J connectivity index is 3.36. The average Bonchev–Trinajstić information content (AvgIpc) is 2.15.